The van der Waals surface area contributed by atoms with Crippen molar-refractivity contribution in [3.63, 3.8) is 0 Å². The van der Waals surface area contributed by atoms with E-state index in [1.807, 2.05) is 12.1 Å². The van der Waals surface area contributed by atoms with Gasteiger partial charge in [0.2, 0.25) is 5.91 Å². The molecule has 2 aromatic carbocycles. The first-order valence-electron chi connectivity index (χ1n) is 10.9. The summed E-state index contributed by atoms with van der Waals surface area (Å²) in [5.74, 6) is -0.0263. The molecule has 1 unspecified atom stereocenters. The van der Waals surface area contributed by atoms with Gasteiger partial charge >= 0.3 is 0 Å². The number of hydrogen-bond acceptors (Lipinski definition) is 7. The van der Waals surface area contributed by atoms with Crippen molar-refractivity contribution in [2.24, 2.45) is 0 Å². The summed E-state index contributed by atoms with van der Waals surface area (Å²) in [6, 6.07) is 11.2. The fourth-order valence-corrected chi connectivity index (χ4v) is 6.86. The number of carbonyl (C=O) groups excluding carboxylic acids is 1. The monoisotopic (exact) mass is 554 g/mol. The van der Waals surface area contributed by atoms with Crippen LogP contribution < -0.4 is 9.62 Å². The van der Waals surface area contributed by atoms with E-state index in [-0.39, 0.29) is 24.3 Å². The van der Waals surface area contributed by atoms with E-state index in [1.54, 1.807) is 28.5 Å². The van der Waals surface area contributed by atoms with E-state index in [0.29, 0.717) is 53.6 Å². The Morgan fingerprint density at radius 2 is 1.83 bits per heavy atom. The smallest absolute Gasteiger partial charge is 0.263 e. The Morgan fingerprint density at radius 3 is 2.51 bits per heavy atom. The molecule has 8 nitrogen and oxygen atoms in total. The van der Waals surface area contributed by atoms with Gasteiger partial charge in [0.25, 0.3) is 10.0 Å². The van der Waals surface area contributed by atoms with Crippen molar-refractivity contribution in [2.45, 2.75) is 23.4 Å². The van der Waals surface area contributed by atoms with E-state index in [1.165, 1.54) is 29.7 Å². The van der Waals surface area contributed by atoms with Gasteiger partial charge in [-0.15, -0.1) is 11.3 Å². The summed E-state index contributed by atoms with van der Waals surface area (Å²) in [7, 11) is -3.76. The van der Waals surface area contributed by atoms with Crippen molar-refractivity contribution in [1.82, 2.24) is 9.88 Å². The van der Waals surface area contributed by atoms with Crippen LogP contribution in [-0.4, -0.2) is 56.6 Å². The lowest BCUT2D eigenvalue weighted by molar-refractivity contribution is -0.125. The van der Waals surface area contributed by atoms with Gasteiger partial charge in [0.05, 0.1) is 30.2 Å². The van der Waals surface area contributed by atoms with Crippen LogP contribution in [0, 0.1) is 0 Å². The van der Waals surface area contributed by atoms with Crippen molar-refractivity contribution in [3.8, 4) is 0 Å². The van der Waals surface area contributed by atoms with Crippen LogP contribution in [-0.2, 0) is 19.6 Å². The van der Waals surface area contributed by atoms with Gasteiger partial charge in [-0.3, -0.25) is 14.4 Å². The number of nitrogens with zero attached hydrogens (tertiary/aromatic N) is 3. The number of sulfonamides is 1. The third kappa shape index (κ3) is 5.18. The summed E-state index contributed by atoms with van der Waals surface area (Å²) in [5.41, 5.74) is 1.57. The molecule has 0 radical (unpaired) electrons. The number of benzene rings is 2. The average Bonchev–Trinajstić information content (AvgIpc) is 3.47. The molecule has 1 amide bonds. The van der Waals surface area contributed by atoms with Crippen LogP contribution in [0.3, 0.4) is 0 Å². The van der Waals surface area contributed by atoms with Crippen LogP contribution in [0.25, 0.3) is 0 Å². The Morgan fingerprint density at radius 1 is 1.09 bits per heavy atom. The summed E-state index contributed by atoms with van der Waals surface area (Å²) >= 11 is 13.6. The number of morpholine rings is 1. The van der Waals surface area contributed by atoms with Gasteiger partial charge in [-0.25, -0.2) is 13.4 Å². The van der Waals surface area contributed by atoms with E-state index in [4.69, 9.17) is 27.9 Å². The van der Waals surface area contributed by atoms with Gasteiger partial charge in [0.1, 0.15) is 0 Å². The zero-order valence-corrected chi connectivity index (χ0v) is 21.6. The standard InChI is InChI=1S/C23H22Cl2N4O4S2.H2/c24-16-11-15(12-17(25)13-16)21-14-33-9-8-29(21)20-5-7-28(22(20)30)18-1-3-19(4-2-18)35(31,32)27-23-26-6-10-34-23;/h1-4,6,10-13,20-21H,5,7-9,14H2,(H,26,27);1H/t20-,21?;/m0./s1. The van der Waals surface area contributed by atoms with Gasteiger partial charge in [-0.2, -0.15) is 0 Å². The van der Waals surface area contributed by atoms with Gasteiger partial charge in [-0.05, 0) is 54.4 Å². The van der Waals surface area contributed by atoms with Crippen LogP contribution >= 0.6 is 34.5 Å². The van der Waals surface area contributed by atoms with Gasteiger partial charge in [0.15, 0.2) is 5.13 Å². The zero-order chi connectivity index (χ0) is 24.6. The van der Waals surface area contributed by atoms with E-state index >= 15 is 0 Å². The SMILES string of the molecule is O=C1[C@@H](N2CCOCC2c2cc(Cl)cc(Cl)c2)CCN1c1ccc(S(=O)(=O)Nc2nccs2)cc1.[HH]. The molecule has 0 aliphatic carbocycles. The Labute approximate surface area is 219 Å². The van der Waals surface area contributed by atoms with Gasteiger partial charge in [-0.1, -0.05) is 23.2 Å². The Kier molecular flexibility index (Phi) is 7.02. The summed E-state index contributed by atoms with van der Waals surface area (Å²) in [6.45, 7) is 2.12. The number of halogens is 2. The van der Waals surface area contributed by atoms with Crippen LogP contribution in [0.15, 0.2) is 58.9 Å². The number of hydrogen-bond donors (Lipinski definition) is 1. The summed E-state index contributed by atoms with van der Waals surface area (Å²) < 4.78 is 33.4. The molecule has 2 atom stereocenters. The maximum atomic E-state index is 13.5. The molecule has 0 bridgehead atoms. The molecule has 5 rings (SSSR count). The lowest BCUT2D eigenvalue weighted by Gasteiger charge is -2.39. The summed E-state index contributed by atoms with van der Waals surface area (Å²) in [5, 5.41) is 3.07. The molecule has 3 aromatic rings. The second-order valence-electron chi connectivity index (χ2n) is 8.26. The second-order valence-corrected chi connectivity index (χ2v) is 11.7. The highest BCUT2D eigenvalue weighted by molar-refractivity contribution is 7.93. The lowest BCUT2D eigenvalue weighted by Crippen LogP contribution is -2.49. The molecule has 3 heterocycles. The van der Waals surface area contributed by atoms with Crippen molar-refractivity contribution in [2.75, 3.05) is 35.9 Å². The van der Waals surface area contributed by atoms with Crippen LogP contribution in [0.4, 0.5) is 10.8 Å². The van der Waals surface area contributed by atoms with E-state index < -0.39 is 10.0 Å². The number of ether oxygens (including phenoxy) is 1. The maximum absolute atomic E-state index is 13.5. The van der Waals surface area contributed by atoms with Crippen molar-refractivity contribution in [3.05, 3.63) is 69.7 Å². The first kappa shape index (κ1) is 24.5. The molecule has 2 aliphatic heterocycles. The maximum Gasteiger partial charge on any atom is 0.263 e. The highest BCUT2D eigenvalue weighted by atomic mass is 35.5. The molecule has 2 aliphatic rings. The van der Waals surface area contributed by atoms with Crippen LogP contribution in [0.2, 0.25) is 10.0 Å². The van der Waals surface area contributed by atoms with E-state index in [0.717, 1.165) is 5.56 Å². The first-order valence-corrected chi connectivity index (χ1v) is 14.1. The topological polar surface area (TPSA) is 91.8 Å². The van der Waals surface area contributed by atoms with E-state index in [2.05, 4.69) is 14.6 Å². The Balaban J connectivity index is 0.00000304. The van der Waals surface area contributed by atoms with Crippen LogP contribution in [0.1, 0.15) is 19.5 Å². The third-order valence-corrected chi connectivity index (χ3v) is 8.74. The second kappa shape index (κ2) is 10.0. The number of anilines is 2. The molecule has 1 aromatic heterocycles. The highest BCUT2D eigenvalue weighted by Gasteiger charge is 2.41. The molecule has 1 N–H and O–H groups in total. The lowest BCUT2D eigenvalue weighted by atomic mass is 10.0. The molecule has 35 heavy (non-hydrogen) atoms. The first-order chi connectivity index (χ1) is 16.8. The number of aromatic nitrogens is 1. The Bertz CT molecular complexity index is 1310. The van der Waals surface area contributed by atoms with Crippen LogP contribution in [0.5, 0.6) is 0 Å². The van der Waals surface area contributed by atoms with Gasteiger partial charge in [0, 0.05) is 41.8 Å². The quantitative estimate of drug-likeness (QED) is 0.475. The number of rotatable bonds is 6. The van der Waals surface area contributed by atoms with Crippen molar-refractivity contribution in [1.29, 1.82) is 0 Å². The molecular weight excluding hydrogens is 531 g/mol. The number of nitrogens with one attached hydrogen (secondary N) is 1. The summed E-state index contributed by atoms with van der Waals surface area (Å²) in [6.07, 6.45) is 2.18. The normalized spacial score (nSPS) is 21.4. The minimum atomic E-state index is -3.76. The van der Waals surface area contributed by atoms with Gasteiger partial charge < -0.3 is 9.64 Å². The number of thiazole rings is 1. The van der Waals surface area contributed by atoms with Crippen molar-refractivity contribution >= 4 is 61.3 Å². The number of carbonyl (C=O) groups is 1. The molecule has 0 spiro atoms. The predicted octanol–water partition coefficient (Wildman–Crippen LogP) is 4.68. The highest BCUT2D eigenvalue weighted by Crippen LogP contribution is 2.34. The molecule has 0 saturated carbocycles. The molecule has 2 fully saturated rings. The fraction of sp³-hybridized carbons (Fsp3) is 0.304. The van der Waals surface area contributed by atoms with Crippen molar-refractivity contribution < 1.29 is 19.4 Å². The predicted molar refractivity (Wildman–Crippen MR) is 139 cm³/mol. The largest absolute Gasteiger partial charge is 0.378 e. The zero-order valence-electron chi connectivity index (χ0n) is 18.4. The minimum absolute atomic E-state index is 0. The molecule has 12 heteroatoms. The third-order valence-electron chi connectivity index (χ3n) is 6.13. The number of amides is 1. The molecule has 2 saturated heterocycles. The Hall–Kier alpha value is -2.21. The minimum Gasteiger partial charge on any atom is -0.378 e. The fourth-order valence-electron chi connectivity index (χ4n) is 4.53. The summed E-state index contributed by atoms with van der Waals surface area (Å²) in [4.78, 5) is 21.4. The molecular formula is C23H24Cl2N4O4S2. The molecule has 186 valence electrons. The average molecular weight is 556 g/mol. The van der Waals surface area contributed by atoms with E-state index in [9.17, 15) is 13.2 Å².